The molecule has 0 spiro atoms. The highest BCUT2D eigenvalue weighted by atomic mass is 19.1. The lowest BCUT2D eigenvalue weighted by Crippen LogP contribution is -2.14. The number of aromatic nitrogens is 1. The Morgan fingerprint density at radius 3 is 2.42 bits per heavy atom. The van der Waals surface area contributed by atoms with Crippen LogP contribution in [-0.4, -0.2) is 22.7 Å². The third kappa shape index (κ3) is 3.85. The number of amides is 1. The van der Waals surface area contributed by atoms with Crippen molar-refractivity contribution >= 4 is 28.6 Å². The predicted octanol–water partition coefficient (Wildman–Crippen LogP) is 4.54. The van der Waals surface area contributed by atoms with Gasteiger partial charge in [-0.1, -0.05) is 6.07 Å². The van der Waals surface area contributed by atoms with E-state index < -0.39 is 11.7 Å². The Kier molecular flexibility index (Phi) is 5.41. The molecule has 0 aliphatic carbocycles. The minimum Gasteiger partial charge on any atom is -0.494 e. The number of nitrogens with zero attached hydrogens (tertiary/aromatic N) is 1. The van der Waals surface area contributed by atoms with Gasteiger partial charge in [0.25, 0.3) is 5.91 Å². The van der Waals surface area contributed by atoms with Crippen LogP contribution in [0.3, 0.4) is 0 Å². The summed E-state index contributed by atoms with van der Waals surface area (Å²) in [6.45, 7) is 2.40. The molecule has 0 fully saturated rings. The van der Waals surface area contributed by atoms with Crippen molar-refractivity contribution in [1.82, 2.24) is 4.40 Å². The smallest absolute Gasteiger partial charge is 0.259 e. The summed E-state index contributed by atoms with van der Waals surface area (Å²) < 4.78 is 20.2. The second kappa shape index (κ2) is 8.31. The number of nitrogens with one attached hydrogen (secondary N) is 1. The molecule has 0 aliphatic heterocycles. The van der Waals surface area contributed by atoms with Gasteiger partial charge in [-0.25, -0.2) is 4.39 Å². The van der Waals surface area contributed by atoms with E-state index in [0.717, 1.165) is 0 Å². The van der Waals surface area contributed by atoms with Crippen LogP contribution >= 0.6 is 0 Å². The number of ether oxygens (including phenoxy) is 1. The molecule has 0 radical (unpaired) electrons. The van der Waals surface area contributed by atoms with Crippen LogP contribution in [0, 0.1) is 5.82 Å². The van der Waals surface area contributed by atoms with Crippen molar-refractivity contribution in [3.05, 3.63) is 95.6 Å². The number of ketones is 1. The maximum absolute atomic E-state index is 13.3. The zero-order valence-corrected chi connectivity index (χ0v) is 16.8. The highest BCUT2D eigenvalue weighted by Crippen LogP contribution is 2.29. The number of nitrogen functional groups attached to an aromatic ring is 1. The van der Waals surface area contributed by atoms with Crippen LogP contribution in [0.1, 0.15) is 33.3 Å². The molecular formula is C24H20FN3O3. The molecule has 4 aromatic rings. The summed E-state index contributed by atoms with van der Waals surface area (Å²) >= 11 is 0. The fraction of sp³-hybridized carbons (Fsp3) is 0.0833. The van der Waals surface area contributed by atoms with Gasteiger partial charge in [0.05, 0.1) is 23.4 Å². The Morgan fingerprint density at radius 1 is 1.03 bits per heavy atom. The van der Waals surface area contributed by atoms with E-state index in [9.17, 15) is 14.0 Å². The van der Waals surface area contributed by atoms with Crippen molar-refractivity contribution in [1.29, 1.82) is 0 Å². The number of anilines is 2. The fourth-order valence-electron chi connectivity index (χ4n) is 3.43. The fourth-order valence-corrected chi connectivity index (χ4v) is 3.43. The molecule has 2 heterocycles. The largest absolute Gasteiger partial charge is 0.494 e. The van der Waals surface area contributed by atoms with E-state index in [4.69, 9.17) is 10.5 Å². The summed E-state index contributed by atoms with van der Waals surface area (Å²) in [6, 6.07) is 17.4. The Labute approximate surface area is 178 Å². The molecule has 6 nitrogen and oxygen atoms in total. The van der Waals surface area contributed by atoms with E-state index in [1.54, 1.807) is 53.1 Å². The number of rotatable bonds is 6. The molecule has 1 amide bonds. The Hall–Kier alpha value is -4.13. The molecular weight excluding hydrogens is 397 g/mol. The maximum atomic E-state index is 13.3. The van der Waals surface area contributed by atoms with Crippen LogP contribution in [0.2, 0.25) is 0 Å². The molecule has 0 atom stereocenters. The zero-order valence-electron chi connectivity index (χ0n) is 16.8. The number of hydrogen-bond donors (Lipinski definition) is 2. The first-order valence-corrected chi connectivity index (χ1v) is 9.72. The van der Waals surface area contributed by atoms with E-state index in [-0.39, 0.29) is 22.7 Å². The molecule has 2 aromatic carbocycles. The average Bonchev–Trinajstić information content (AvgIpc) is 3.07. The van der Waals surface area contributed by atoms with Gasteiger partial charge in [-0.2, -0.15) is 0 Å². The summed E-state index contributed by atoms with van der Waals surface area (Å²) in [5.41, 5.74) is 8.11. The molecule has 4 rings (SSSR count). The van der Waals surface area contributed by atoms with Gasteiger partial charge in [0.1, 0.15) is 17.3 Å². The number of fused-ring (bicyclic) bond motifs is 1. The second-order valence-electron chi connectivity index (χ2n) is 6.84. The molecule has 0 aliphatic rings. The molecule has 31 heavy (non-hydrogen) atoms. The topological polar surface area (TPSA) is 85.8 Å². The van der Waals surface area contributed by atoms with Crippen molar-refractivity contribution < 1.29 is 18.7 Å². The number of carbonyl (C=O) groups is 2. The number of carbonyl (C=O) groups excluding carboxylic acids is 2. The van der Waals surface area contributed by atoms with Gasteiger partial charge in [0.2, 0.25) is 5.78 Å². The van der Waals surface area contributed by atoms with E-state index in [0.29, 0.717) is 29.1 Å². The third-order valence-corrected chi connectivity index (χ3v) is 4.85. The summed E-state index contributed by atoms with van der Waals surface area (Å²) in [5, 5.41) is 2.71. The van der Waals surface area contributed by atoms with E-state index in [1.807, 2.05) is 6.92 Å². The Morgan fingerprint density at radius 2 is 1.74 bits per heavy atom. The number of nitrogens with two attached hydrogens (primary N) is 1. The van der Waals surface area contributed by atoms with Crippen LogP contribution in [0.5, 0.6) is 5.75 Å². The minimum atomic E-state index is -0.487. The molecule has 2 aromatic heterocycles. The average molecular weight is 417 g/mol. The lowest BCUT2D eigenvalue weighted by atomic mass is 10.1. The Balaban J connectivity index is 1.75. The summed E-state index contributed by atoms with van der Waals surface area (Å²) in [7, 11) is 0. The van der Waals surface area contributed by atoms with Crippen molar-refractivity contribution in [3.63, 3.8) is 0 Å². The van der Waals surface area contributed by atoms with Gasteiger partial charge in [0, 0.05) is 17.4 Å². The molecule has 7 heteroatoms. The molecule has 0 unspecified atom stereocenters. The van der Waals surface area contributed by atoms with Gasteiger partial charge in [-0.15, -0.1) is 0 Å². The first kappa shape index (κ1) is 20.2. The van der Waals surface area contributed by atoms with Crippen molar-refractivity contribution in [2.45, 2.75) is 6.92 Å². The summed E-state index contributed by atoms with van der Waals surface area (Å²) in [5.74, 6) is -0.553. The quantitative estimate of drug-likeness (QED) is 0.451. The van der Waals surface area contributed by atoms with Crippen LogP contribution in [0.15, 0.2) is 72.9 Å². The number of halogens is 1. The van der Waals surface area contributed by atoms with Crippen LogP contribution in [-0.2, 0) is 0 Å². The van der Waals surface area contributed by atoms with Gasteiger partial charge < -0.3 is 20.2 Å². The van der Waals surface area contributed by atoms with Gasteiger partial charge in [-0.3, -0.25) is 9.59 Å². The molecule has 156 valence electrons. The molecule has 0 bridgehead atoms. The molecule has 0 saturated carbocycles. The summed E-state index contributed by atoms with van der Waals surface area (Å²) in [4.78, 5) is 26.3. The SMILES string of the molecule is CCOc1ccc(C(=O)c2c(N)c(C(=O)Nc3ccc(F)cc3)c3ccccn23)cc1. The normalized spacial score (nSPS) is 10.8. The second-order valence-corrected chi connectivity index (χ2v) is 6.84. The first-order valence-electron chi connectivity index (χ1n) is 9.72. The Bertz CT molecular complexity index is 1260. The molecule has 3 N–H and O–H groups in total. The van der Waals surface area contributed by atoms with E-state index in [1.165, 1.54) is 24.3 Å². The third-order valence-electron chi connectivity index (χ3n) is 4.85. The number of benzene rings is 2. The molecule has 0 saturated heterocycles. The minimum absolute atomic E-state index is 0.0738. The standard InChI is InChI=1S/C24H20FN3O3/c1-2-31-18-12-6-15(7-13-18)23(29)22-21(26)20(19-5-3-4-14-28(19)22)24(30)27-17-10-8-16(25)9-11-17/h3-14H,2,26H2,1H3,(H,27,30). The highest BCUT2D eigenvalue weighted by Gasteiger charge is 2.26. The van der Waals surface area contributed by atoms with Crippen molar-refractivity contribution in [2.24, 2.45) is 0 Å². The van der Waals surface area contributed by atoms with Crippen LogP contribution in [0.4, 0.5) is 15.8 Å². The van der Waals surface area contributed by atoms with Crippen molar-refractivity contribution in [2.75, 3.05) is 17.7 Å². The highest BCUT2D eigenvalue weighted by molar-refractivity contribution is 6.20. The number of pyridine rings is 1. The van der Waals surface area contributed by atoms with Crippen LogP contribution in [0.25, 0.3) is 5.52 Å². The van der Waals surface area contributed by atoms with Crippen molar-refractivity contribution in [3.8, 4) is 5.75 Å². The van der Waals surface area contributed by atoms with Crippen LogP contribution < -0.4 is 15.8 Å². The van der Waals surface area contributed by atoms with E-state index in [2.05, 4.69) is 5.32 Å². The monoisotopic (exact) mass is 417 g/mol. The number of hydrogen-bond acceptors (Lipinski definition) is 4. The van der Waals surface area contributed by atoms with Gasteiger partial charge in [0.15, 0.2) is 0 Å². The lowest BCUT2D eigenvalue weighted by Gasteiger charge is -2.06. The first-order chi connectivity index (χ1) is 15.0. The van der Waals surface area contributed by atoms with E-state index >= 15 is 0 Å². The van der Waals surface area contributed by atoms with Gasteiger partial charge in [-0.05, 0) is 67.6 Å². The predicted molar refractivity (Wildman–Crippen MR) is 117 cm³/mol. The lowest BCUT2D eigenvalue weighted by molar-refractivity contribution is 0.102. The zero-order chi connectivity index (χ0) is 22.0. The maximum Gasteiger partial charge on any atom is 0.259 e. The summed E-state index contributed by atoms with van der Waals surface area (Å²) in [6.07, 6.45) is 1.68. The van der Waals surface area contributed by atoms with Gasteiger partial charge >= 0.3 is 0 Å².